The lowest BCUT2D eigenvalue weighted by atomic mass is 10.2. The van der Waals surface area contributed by atoms with Crippen LogP contribution in [0.5, 0.6) is 0 Å². The topological polar surface area (TPSA) is 80.2 Å². The van der Waals surface area contributed by atoms with Gasteiger partial charge in [-0.3, -0.25) is 9.52 Å². The Bertz CT molecular complexity index is 1050. The van der Waals surface area contributed by atoms with Crippen LogP contribution in [0, 0.1) is 16.3 Å². The van der Waals surface area contributed by atoms with Gasteiger partial charge in [0.25, 0.3) is 15.6 Å². The van der Waals surface area contributed by atoms with Crippen molar-refractivity contribution >= 4 is 61.3 Å². The number of alkyl halides is 1. The van der Waals surface area contributed by atoms with E-state index in [1.807, 2.05) is 22.6 Å². The van der Waals surface area contributed by atoms with Gasteiger partial charge in [-0.2, -0.15) is 0 Å². The zero-order valence-corrected chi connectivity index (χ0v) is 17.7. The number of aryl methyl sites for hydroxylation is 1. The molecular weight excluding hydrogens is 496 g/mol. The molecule has 0 amide bonds. The molecular formula is C16H16ClFIN3O3S. The van der Waals surface area contributed by atoms with Crippen molar-refractivity contribution in [3.05, 3.63) is 49.7 Å². The Kier molecular flexibility index (Phi) is 4.99. The molecule has 2 N–H and O–H groups in total. The van der Waals surface area contributed by atoms with Crippen LogP contribution in [0.4, 0.5) is 21.5 Å². The lowest BCUT2D eigenvalue weighted by Crippen LogP contribution is -2.28. The van der Waals surface area contributed by atoms with Gasteiger partial charge in [-0.1, -0.05) is 11.6 Å². The van der Waals surface area contributed by atoms with Crippen LogP contribution in [0.2, 0.25) is 0 Å². The Labute approximate surface area is 168 Å². The number of benzene rings is 1. The van der Waals surface area contributed by atoms with Gasteiger partial charge in [-0.25, -0.2) is 12.8 Å². The second-order valence-electron chi connectivity index (χ2n) is 6.20. The van der Waals surface area contributed by atoms with Gasteiger partial charge in [0.05, 0.1) is 17.1 Å². The highest BCUT2D eigenvalue weighted by Crippen LogP contribution is 2.48. The first-order valence-electron chi connectivity index (χ1n) is 7.68. The highest BCUT2D eigenvalue weighted by atomic mass is 127. The van der Waals surface area contributed by atoms with Crippen LogP contribution in [0.15, 0.2) is 29.2 Å². The summed E-state index contributed by atoms with van der Waals surface area (Å²) in [5, 5.41) is 2.84. The maximum Gasteiger partial charge on any atom is 0.255 e. The van der Waals surface area contributed by atoms with E-state index in [4.69, 9.17) is 11.6 Å². The smallest absolute Gasteiger partial charge is 0.255 e. The minimum Gasteiger partial charge on any atom is -0.351 e. The molecule has 1 fully saturated rings. The average Bonchev–Trinajstić information content (AvgIpc) is 3.30. The normalized spacial score (nSPS) is 15.6. The van der Waals surface area contributed by atoms with Crippen LogP contribution < -0.4 is 15.6 Å². The highest BCUT2D eigenvalue weighted by molar-refractivity contribution is 14.1. The number of pyridine rings is 1. The molecule has 1 saturated carbocycles. The summed E-state index contributed by atoms with van der Waals surface area (Å²) in [7, 11) is -2.34. The third-order valence-electron chi connectivity index (χ3n) is 4.17. The van der Waals surface area contributed by atoms with E-state index in [0.717, 1.165) is 0 Å². The van der Waals surface area contributed by atoms with E-state index < -0.39 is 20.0 Å². The molecule has 0 bridgehead atoms. The van der Waals surface area contributed by atoms with E-state index >= 15 is 0 Å². The van der Waals surface area contributed by atoms with Crippen molar-refractivity contribution in [1.82, 2.24) is 4.57 Å². The Hall–Kier alpha value is -1.33. The molecule has 0 atom stereocenters. The number of hydrogen-bond donors (Lipinski definition) is 2. The molecule has 6 nitrogen and oxygen atoms in total. The summed E-state index contributed by atoms with van der Waals surface area (Å²) in [6.07, 6.45) is 2.05. The number of nitrogens with one attached hydrogen (secondary N) is 2. The maximum atomic E-state index is 14.2. The van der Waals surface area contributed by atoms with Crippen LogP contribution >= 0.6 is 34.2 Å². The summed E-state index contributed by atoms with van der Waals surface area (Å²) in [6.45, 7) is 1.54. The molecule has 0 aliphatic heterocycles. The summed E-state index contributed by atoms with van der Waals surface area (Å²) in [6, 6.07) is 4.56. The van der Waals surface area contributed by atoms with Gasteiger partial charge in [0, 0.05) is 22.4 Å². The molecule has 1 aliphatic rings. The van der Waals surface area contributed by atoms with E-state index in [1.165, 1.54) is 29.9 Å². The minimum atomic E-state index is -3.85. The van der Waals surface area contributed by atoms with E-state index in [9.17, 15) is 17.6 Å². The third kappa shape index (κ3) is 3.56. The van der Waals surface area contributed by atoms with Gasteiger partial charge in [0.1, 0.15) is 5.82 Å². The third-order valence-corrected chi connectivity index (χ3v) is 7.69. The molecule has 10 heteroatoms. The van der Waals surface area contributed by atoms with E-state index in [2.05, 4.69) is 10.0 Å². The highest BCUT2D eigenvalue weighted by Gasteiger charge is 2.53. The molecule has 1 aromatic heterocycles. The lowest BCUT2D eigenvalue weighted by Gasteiger charge is -2.19. The standard InChI is InChI=1S/C16H16ClFIN3O3S/c1-9-14(20-12-4-3-10(19)7-11(12)18)13(8-22(2)15(9)23)21-26(24,25)16(17)5-6-16/h3-4,7-8,20-21H,5-6H2,1-2H3. The first-order chi connectivity index (χ1) is 12.0. The average molecular weight is 512 g/mol. The van der Waals surface area contributed by atoms with Crippen LogP contribution in [0.25, 0.3) is 0 Å². The quantitative estimate of drug-likeness (QED) is 0.474. The Balaban J connectivity index is 2.08. The van der Waals surface area contributed by atoms with Crippen molar-refractivity contribution in [2.75, 3.05) is 10.0 Å². The Morgan fingerprint density at radius 2 is 1.96 bits per heavy atom. The van der Waals surface area contributed by atoms with Gasteiger partial charge in [0.15, 0.2) is 4.21 Å². The fraction of sp³-hybridized carbons (Fsp3) is 0.312. The van der Waals surface area contributed by atoms with Crippen LogP contribution in [0.3, 0.4) is 0 Å². The zero-order valence-electron chi connectivity index (χ0n) is 13.9. The van der Waals surface area contributed by atoms with Crippen molar-refractivity contribution in [2.24, 2.45) is 7.05 Å². The van der Waals surface area contributed by atoms with Crippen LogP contribution in [-0.2, 0) is 17.1 Å². The van der Waals surface area contributed by atoms with Gasteiger partial charge in [0.2, 0.25) is 0 Å². The fourth-order valence-electron chi connectivity index (χ4n) is 2.46. The molecule has 0 radical (unpaired) electrons. The molecule has 140 valence electrons. The second kappa shape index (κ2) is 6.68. The van der Waals surface area contributed by atoms with Gasteiger partial charge >= 0.3 is 0 Å². The largest absolute Gasteiger partial charge is 0.351 e. The molecule has 0 unspecified atom stereocenters. The first-order valence-corrected chi connectivity index (χ1v) is 10.6. The number of hydrogen-bond acceptors (Lipinski definition) is 4. The summed E-state index contributed by atoms with van der Waals surface area (Å²) in [4.78, 5) is 12.3. The Morgan fingerprint density at radius 1 is 1.31 bits per heavy atom. The summed E-state index contributed by atoms with van der Waals surface area (Å²) in [5.41, 5.74) is 0.389. The molecule has 1 aliphatic carbocycles. The molecule has 1 heterocycles. The van der Waals surface area contributed by atoms with Crippen LogP contribution in [0.1, 0.15) is 18.4 Å². The number of nitrogens with zero attached hydrogens (tertiary/aromatic N) is 1. The fourth-order valence-corrected chi connectivity index (χ4v) is 4.39. The van der Waals surface area contributed by atoms with Crippen molar-refractivity contribution in [1.29, 1.82) is 0 Å². The number of sulfonamides is 1. The van der Waals surface area contributed by atoms with E-state index in [1.54, 1.807) is 13.0 Å². The first kappa shape index (κ1) is 19.4. The molecule has 0 saturated heterocycles. The minimum absolute atomic E-state index is 0.134. The van der Waals surface area contributed by atoms with E-state index in [0.29, 0.717) is 16.4 Å². The maximum absolute atomic E-state index is 14.2. The van der Waals surface area contributed by atoms with Crippen molar-refractivity contribution in [2.45, 2.75) is 24.0 Å². The monoisotopic (exact) mass is 511 g/mol. The van der Waals surface area contributed by atoms with Gasteiger partial charge in [-0.05, 0) is 60.6 Å². The van der Waals surface area contributed by atoms with E-state index in [-0.39, 0.29) is 28.2 Å². The predicted molar refractivity (Wildman–Crippen MR) is 109 cm³/mol. The number of halogens is 3. The van der Waals surface area contributed by atoms with Crippen LogP contribution in [-0.4, -0.2) is 17.2 Å². The molecule has 2 aromatic rings. The number of aromatic nitrogens is 1. The number of anilines is 3. The predicted octanol–water partition coefficient (Wildman–Crippen LogP) is 3.65. The number of rotatable bonds is 5. The van der Waals surface area contributed by atoms with Gasteiger partial charge in [-0.15, -0.1) is 0 Å². The molecule has 1 aromatic carbocycles. The summed E-state index contributed by atoms with van der Waals surface area (Å²) in [5.74, 6) is -0.512. The van der Waals surface area contributed by atoms with Crippen molar-refractivity contribution < 1.29 is 12.8 Å². The molecule has 3 rings (SSSR count). The second-order valence-corrected chi connectivity index (χ2v) is 10.4. The van der Waals surface area contributed by atoms with Crippen molar-refractivity contribution in [3.8, 4) is 0 Å². The summed E-state index contributed by atoms with van der Waals surface area (Å²) >= 11 is 8.03. The molecule has 0 spiro atoms. The van der Waals surface area contributed by atoms with Gasteiger partial charge < -0.3 is 9.88 Å². The SMILES string of the molecule is Cc1c(Nc2ccc(I)cc2F)c(NS(=O)(=O)C2(Cl)CC2)cn(C)c1=O. The lowest BCUT2D eigenvalue weighted by molar-refractivity contribution is 0.596. The zero-order chi connectivity index (χ0) is 19.3. The Morgan fingerprint density at radius 3 is 2.54 bits per heavy atom. The molecule has 26 heavy (non-hydrogen) atoms. The summed E-state index contributed by atoms with van der Waals surface area (Å²) < 4.78 is 42.2. The van der Waals surface area contributed by atoms with Crippen molar-refractivity contribution in [3.63, 3.8) is 0 Å².